The van der Waals surface area contributed by atoms with E-state index >= 15 is 0 Å². The summed E-state index contributed by atoms with van der Waals surface area (Å²) < 4.78 is 5.88. The highest BCUT2D eigenvalue weighted by atomic mass is 16.5. The highest BCUT2D eigenvalue weighted by molar-refractivity contribution is 5.84. The Bertz CT molecular complexity index is 538. The molecule has 0 atom stereocenters. The molecule has 0 saturated heterocycles. The van der Waals surface area contributed by atoms with Crippen molar-refractivity contribution in [3.8, 4) is 5.82 Å². The number of rotatable bonds is 3. The zero-order chi connectivity index (χ0) is 12.3. The molecule has 0 aliphatic heterocycles. The summed E-state index contributed by atoms with van der Waals surface area (Å²) in [4.78, 5) is 23.0. The number of nitrogens with zero attached hydrogens (tertiary/aromatic N) is 5. The van der Waals surface area contributed by atoms with Crippen LogP contribution in [0.25, 0.3) is 5.82 Å². The summed E-state index contributed by atoms with van der Waals surface area (Å²) in [7, 11) is 3.01. The van der Waals surface area contributed by atoms with Crippen LogP contribution in [0.1, 0.15) is 10.6 Å². The van der Waals surface area contributed by atoms with Gasteiger partial charge >= 0.3 is 5.97 Å². The molecular formula is C9H10N6O2. The summed E-state index contributed by atoms with van der Waals surface area (Å²) in [6.07, 6.45) is 2.77. The van der Waals surface area contributed by atoms with Crippen LogP contribution in [0.15, 0.2) is 18.7 Å². The maximum atomic E-state index is 11.2. The van der Waals surface area contributed by atoms with Crippen molar-refractivity contribution in [1.29, 1.82) is 0 Å². The average Bonchev–Trinajstić information content (AvgIpc) is 2.87. The number of ether oxygens (including phenoxy) is 1. The largest absolute Gasteiger partial charge is 0.463 e. The SMILES string of the molecule is CNc1cc(-n2cnc(C(=O)OC)n2)ncn1. The number of hydrogen-bond donors (Lipinski definition) is 1. The molecule has 17 heavy (non-hydrogen) atoms. The first-order chi connectivity index (χ1) is 8.24. The predicted octanol–water partition coefficient (Wildman–Crippen LogP) is -0.114. The third kappa shape index (κ3) is 2.19. The van der Waals surface area contributed by atoms with E-state index in [0.29, 0.717) is 11.6 Å². The molecule has 0 aliphatic rings. The molecule has 1 N–H and O–H groups in total. The van der Waals surface area contributed by atoms with Gasteiger partial charge in [0.2, 0.25) is 0 Å². The number of hydrogen-bond acceptors (Lipinski definition) is 7. The molecule has 0 spiro atoms. The molecule has 8 heteroatoms. The van der Waals surface area contributed by atoms with Crippen molar-refractivity contribution in [2.45, 2.75) is 0 Å². The van der Waals surface area contributed by atoms with Crippen LogP contribution in [-0.4, -0.2) is 44.9 Å². The second kappa shape index (κ2) is 4.56. The fourth-order valence-electron chi connectivity index (χ4n) is 1.17. The van der Waals surface area contributed by atoms with Gasteiger partial charge in [0.25, 0.3) is 5.82 Å². The Balaban J connectivity index is 2.33. The zero-order valence-electron chi connectivity index (χ0n) is 9.28. The summed E-state index contributed by atoms with van der Waals surface area (Å²) in [5.41, 5.74) is 0. The molecule has 0 bridgehead atoms. The normalized spacial score (nSPS) is 10.0. The highest BCUT2D eigenvalue weighted by Gasteiger charge is 2.12. The van der Waals surface area contributed by atoms with Gasteiger partial charge in [-0.05, 0) is 0 Å². The number of aromatic nitrogens is 5. The first kappa shape index (κ1) is 11.0. The van der Waals surface area contributed by atoms with E-state index in [9.17, 15) is 4.79 Å². The van der Waals surface area contributed by atoms with Gasteiger partial charge in [0, 0.05) is 13.1 Å². The van der Waals surface area contributed by atoms with Crippen molar-refractivity contribution in [3.63, 3.8) is 0 Å². The third-order valence-electron chi connectivity index (χ3n) is 2.00. The second-order valence-electron chi connectivity index (χ2n) is 3.02. The van der Waals surface area contributed by atoms with Gasteiger partial charge in [-0.15, -0.1) is 5.10 Å². The van der Waals surface area contributed by atoms with E-state index in [-0.39, 0.29) is 5.82 Å². The molecule has 8 nitrogen and oxygen atoms in total. The van der Waals surface area contributed by atoms with Crippen LogP contribution in [0, 0.1) is 0 Å². The number of carbonyl (C=O) groups is 1. The minimum Gasteiger partial charge on any atom is -0.463 e. The van der Waals surface area contributed by atoms with Crippen LogP contribution in [0.2, 0.25) is 0 Å². The van der Waals surface area contributed by atoms with Crippen LogP contribution in [0.3, 0.4) is 0 Å². The van der Waals surface area contributed by atoms with Crippen molar-refractivity contribution in [3.05, 3.63) is 24.5 Å². The van der Waals surface area contributed by atoms with Crippen molar-refractivity contribution in [2.24, 2.45) is 0 Å². The molecule has 2 heterocycles. The topological polar surface area (TPSA) is 94.8 Å². The smallest absolute Gasteiger partial charge is 0.377 e. The molecule has 2 rings (SSSR count). The van der Waals surface area contributed by atoms with Gasteiger partial charge < -0.3 is 10.1 Å². The molecule has 0 fully saturated rings. The first-order valence-corrected chi connectivity index (χ1v) is 4.74. The molecule has 0 radical (unpaired) electrons. The van der Waals surface area contributed by atoms with Gasteiger partial charge in [-0.25, -0.2) is 24.4 Å². The van der Waals surface area contributed by atoms with E-state index in [2.05, 4.69) is 30.1 Å². The number of nitrogens with one attached hydrogen (secondary N) is 1. The summed E-state index contributed by atoms with van der Waals surface area (Å²) in [6.45, 7) is 0. The lowest BCUT2D eigenvalue weighted by molar-refractivity contribution is 0.0587. The van der Waals surface area contributed by atoms with Crippen molar-refractivity contribution in [2.75, 3.05) is 19.5 Å². The number of carbonyl (C=O) groups excluding carboxylic acids is 1. The Labute approximate surface area is 96.7 Å². The van der Waals surface area contributed by atoms with Gasteiger partial charge in [0.15, 0.2) is 5.82 Å². The minimum atomic E-state index is -0.591. The lowest BCUT2D eigenvalue weighted by Gasteiger charge is -2.01. The van der Waals surface area contributed by atoms with Gasteiger partial charge in [0.1, 0.15) is 18.5 Å². The Morgan fingerprint density at radius 1 is 1.41 bits per heavy atom. The Morgan fingerprint density at radius 3 is 2.94 bits per heavy atom. The Kier molecular flexibility index (Phi) is 2.95. The first-order valence-electron chi connectivity index (χ1n) is 4.74. The van der Waals surface area contributed by atoms with E-state index in [0.717, 1.165) is 0 Å². The van der Waals surface area contributed by atoms with Gasteiger partial charge in [-0.1, -0.05) is 0 Å². The monoisotopic (exact) mass is 234 g/mol. The van der Waals surface area contributed by atoms with Crippen molar-refractivity contribution < 1.29 is 9.53 Å². The van der Waals surface area contributed by atoms with E-state index < -0.39 is 5.97 Å². The van der Waals surface area contributed by atoms with Gasteiger partial charge in [-0.3, -0.25) is 0 Å². The predicted molar refractivity (Wildman–Crippen MR) is 57.8 cm³/mol. The van der Waals surface area contributed by atoms with Crippen LogP contribution < -0.4 is 5.32 Å². The molecule has 0 aliphatic carbocycles. The maximum Gasteiger partial charge on any atom is 0.377 e. The van der Waals surface area contributed by atoms with Crippen LogP contribution in [-0.2, 0) is 4.74 Å². The molecule has 0 unspecified atom stereocenters. The second-order valence-corrected chi connectivity index (χ2v) is 3.02. The fourth-order valence-corrected chi connectivity index (χ4v) is 1.17. The quantitative estimate of drug-likeness (QED) is 0.740. The minimum absolute atomic E-state index is 0.0166. The summed E-state index contributed by atoms with van der Waals surface area (Å²) >= 11 is 0. The maximum absolute atomic E-state index is 11.2. The lowest BCUT2D eigenvalue weighted by Crippen LogP contribution is -2.06. The highest BCUT2D eigenvalue weighted by Crippen LogP contribution is 2.07. The van der Waals surface area contributed by atoms with Gasteiger partial charge in [0.05, 0.1) is 7.11 Å². The number of esters is 1. The zero-order valence-corrected chi connectivity index (χ0v) is 9.28. The van der Waals surface area contributed by atoms with Crippen LogP contribution >= 0.6 is 0 Å². The van der Waals surface area contributed by atoms with E-state index in [1.54, 1.807) is 13.1 Å². The standard InChI is InChI=1S/C9H10N6O2/c1-10-6-3-7(12-4-11-6)15-5-13-8(14-15)9(16)17-2/h3-5H,1-2H3,(H,10,11,12). The van der Waals surface area contributed by atoms with E-state index in [4.69, 9.17) is 0 Å². The molecular weight excluding hydrogens is 224 g/mol. The molecule has 2 aromatic heterocycles. The molecule has 0 amide bonds. The average molecular weight is 234 g/mol. The van der Waals surface area contributed by atoms with Crippen LogP contribution in [0.5, 0.6) is 0 Å². The number of anilines is 1. The van der Waals surface area contributed by atoms with E-state index in [1.165, 1.54) is 24.4 Å². The van der Waals surface area contributed by atoms with Crippen LogP contribution in [0.4, 0.5) is 5.82 Å². The number of methoxy groups -OCH3 is 1. The van der Waals surface area contributed by atoms with Crippen molar-refractivity contribution in [1.82, 2.24) is 24.7 Å². The molecule has 0 saturated carbocycles. The summed E-state index contributed by atoms with van der Waals surface area (Å²) in [5.74, 6) is 0.542. The summed E-state index contributed by atoms with van der Waals surface area (Å²) in [5, 5.41) is 6.81. The third-order valence-corrected chi connectivity index (χ3v) is 2.00. The van der Waals surface area contributed by atoms with Gasteiger partial charge in [-0.2, -0.15) is 0 Å². The molecule has 2 aromatic rings. The fraction of sp³-hybridized carbons (Fsp3) is 0.222. The molecule has 88 valence electrons. The Morgan fingerprint density at radius 2 is 2.24 bits per heavy atom. The van der Waals surface area contributed by atoms with Crippen molar-refractivity contribution >= 4 is 11.8 Å². The van der Waals surface area contributed by atoms with E-state index in [1.807, 2.05) is 0 Å². The lowest BCUT2D eigenvalue weighted by atomic mass is 10.5. The summed E-state index contributed by atoms with van der Waals surface area (Å²) in [6, 6.07) is 1.68. The Hall–Kier alpha value is -2.51. The molecule has 0 aromatic carbocycles.